The summed E-state index contributed by atoms with van der Waals surface area (Å²) in [4.78, 5) is 25.6. The van der Waals surface area contributed by atoms with Crippen LogP contribution in [0.3, 0.4) is 0 Å². The van der Waals surface area contributed by atoms with Crippen molar-refractivity contribution in [2.45, 2.75) is 19.9 Å². The molecule has 3 rings (SSSR count). The smallest absolute Gasteiger partial charge is 0.253 e. The highest BCUT2D eigenvalue weighted by Gasteiger charge is 2.21. The van der Waals surface area contributed by atoms with Gasteiger partial charge in [-0.05, 0) is 31.0 Å². The van der Waals surface area contributed by atoms with Gasteiger partial charge in [0.25, 0.3) is 5.91 Å². The summed E-state index contributed by atoms with van der Waals surface area (Å²) in [5.41, 5.74) is 7.34. The largest absolute Gasteiger partial charge is 0.478 e. The highest BCUT2D eigenvalue weighted by Crippen LogP contribution is 2.16. The highest BCUT2D eigenvalue weighted by atomic mass is 16.5. The zero-order chi connectivity index (χ0) is 18.4. The minimum absolute atomic E-state index is 0.0550. The van der Waals surface area contributed by atoms with Crippen LogP contribution in [0.25, 0.3) is 0 Å². The van der Waals surface area contributed by atoms with E-state index in [0.29, 0.717) is 43.6 Å². The summed E-state index contributed by atoms with van der Waals surface area (Å²) in [7, 11) is 0. The van der Waals surface area contributed by atoms with Crippen LogP contribution in [-0.4, -0.2) is 53.6 Å². The molecule has 0 unspecified atom stereocenters. The lowest BCUT2D eigenvalue weighted by atomic mass is 10.1. The maximum Gasteiger partial charge on any atom is 0.253 e. The molecular weight excluding hydrogens is 330 g/mol. The summed E-state index contributed by atoms with van der Waals surface area (Å²) >= 11 is 0. The Morgan fingerprint density at radius 1 is 1.15 bits per heavy atom. The van der Waals surface area contributed by atoms with Crippen molar-refractivity contribution < 1.29 is 9.53 Å². The number of hydrogen-bond acceptors (Lipinski definition) is 6. The molecule has 0 aliphatic carbocycles. The molecule has 0 spiro atoms. The van der Waals surface area contributed by atoms with Gasteiger partial charge in [-0.15, -0.1) is 0 Å². The molecule has 1 aromatic heterocycles. The summed E-state index contributed by atoms with van der Waals surface area (Å²) in [6, 6.07) is 9.27. The van der Waals surface area contributed by atoms with Crippen LogP contribution in [0.15, 0.2) is 36.5 Å². The molecule has 0 atom stereocenters. The summed E-state index contributed by atoms with van der Waals surface area (Å²) in [5, 5.41) is 0. The fraction of sp³-hybridized carbons (Fsp3) is 0.421. The topological polar surface area (TPSA) is 84.6 Å². The molecule has 0 bridgehead atoms. The maximum absolute atomic E-state index is 12.8. The van der Waals surface area contributed by atoms with Crippen LogP contribution >= 0.6 is 0 Å². The monoisotopic (exact) mass is 355 g/mol. The highest BCUT2D eigenvalue weighted by molar-refractivity contribution is 5.94. The lowest BCUT2D eigenvalue weighted by Crippen LogP contribution is -2.35. The van der Waals surface area contributed by atoms with Crippen LogP contribution in [-0.2, 0) is 6.54 Å². The van der Waals surface area contributed by atoms with Crippen LogP contribution in [0.4, 0.5) is 5.95 Å². The summed E-state index contributed by atoms with van der Waals surface area (Å²) < 4.78 is 5.45. The molecule has 1 amide bonds. The predicted octanol–water partition coefficient (Wildman–Crippen LogP) is 1.69. The number of hydrogen-bond donors (Lipinski definition) is 1. The van der Waals surface area contributed by atoms with E-state index in [4.69, 9.17) is 10.5 Å². The second-order valence-electron chi connectivity index (χ2n) is 6.16. The Labute approximate surface area is 153 Å². The average Bonchev–Trinajstić information content (AvgIpc) is 2.94. The molecule has 1 aromatic carbocycles. The van der Waals surface area contributed by atoms with Crippen LogP contribution < -0.4 is 15.4 Å². The van der Waals surface area contributed by atoms with E-state index in [2.05, 4.69) is 14.9 Å². The number of nitrogens with two attached hydrogens (primary N) is 1. The Morgan fingerprint density at radius 2 is 1.96 bits per heavy atom. The van der Waals surface area contributed by atoms with E-state index < -0.39 is 0 Å². The third kappa shape index (κ3) is 4.29. The molecule has 2 aromatic rings. The van der Waals surface area contributed by atoms with Crippen molar-refractivity contribution in [3.8, 4) is 5.88 Å². The summed E-state index contributed by atoms with van der Waals surface area (Å²) in [5.74, 6) is 1.28. The van der Waals surface area contributed by atoms with Crippen molar-refractivity contribution in [2.24, 2.45) is 5.73 Å². The van der Waals surface area contributed by atoms with Crippen LogP contribution in [0, 0.1) is 0 Å². The Hall–Kier alpha value is -2.67. The van der Waals surface area contributed by atoms with Crippen molar-refractivity contribution in [3.63, 3.8) is 0 Å². The van der Waals surface area contributed by atoms with Crippen LogP contribution in [0.2, 0.25) is 0 Å². The van der Waals surface area contributed by atoms with Gasteiger partial charge in [-0.3, -0.25) is 4.79 Å². The van der Waals surface area contributed by atoms with Crippen LogP contribution in [0.5, 0.6) is 5.88 Å². The van der Waals surface area contributed by atoms with Crippen molar-refractivity contribution in [3.05, 3.63) is 47.7 Å². The van der Waals surface area contributed by atoms with Gasteiger partial charge in [0.15, 0.2) is 0 Å². The standard InChI is InChI=1S/C19H25N5O2/c1-2-26-17-8-9-21-19(22-17)24-11-3-10-23(12-13-24)18(25)16-6-4-15(14-20)5-7-16/h4-9H,2-3,10-14,20H2,1H3. The van der Waals surface area contributed by atoms with E-state index in [1.54, 1.807) is 12.3 Å². The quantitative estimate of drug-likeness (QED) is 0.878. The van der Waals surface area contributed by atoms with Gasteiger partial charge < -0.3 is 20.3 Å². The lowest BCUT2D eigenvalue weighted by molar-refractivity contribution is 0.0767. The first-order valence-corrected chi connectivity index (χ1v) is 9.00. The van der Waals surface area contributed by atoms with Crippen molar-refractivity contribution in [1.82, 2.24) is 14.9 Å². The SMILES string of the molecule is CCOc1ccnc(N2CCCN(C(=O)c3ccc(CN)cc3)CC2)n1. The summed E-state index contributed by atoms with van der Waals surface area (Å²) in [6.07, 6.45) is 2.58. The number of nitrogens with zero attached hydrogens (tertiary/aromatic N) is 4. The Bertz CT molecular complexity index is 735. The molecule has 2 N–H and O–H groups in total. The van der Waals surface area contributed by atoms with Gasteiger partial charge in [0.05, 0.1) is 6.61 Å². The van der Waals surface area contributed by atoms with Gasteiger partial charge in [-0.1, -0.05) is 12.1 Å². The average molecular weight is 355 g/mol. The van der Waals surface area contributed by atoms with E-state index in [1.807, 2.05) is 36.1 Å². The second kappa shape index (κ2) is 8.62. The minimum atomic E-state index is 0.0550. The lowest BCUT2D eigenvalue weighted by Gasteiger charge is -2.22. The number of aromatic nitrogens is 2. The van der Waals surface area contributed by atoms with Crippen molar-refractivity contribution in [2.75, 3.05) is 37.7 Å². The Morgan fingerprint density at radius 3 is 2.69 bits per heavy atom. The van der Waals surface area contributed by atoms with Gasteiger partial charge in [0.2, 0.25) is 11.8 Å². The molecule has 1 saturated heterocycles. The predicted molar refractivity (Wildman–Crippen MR) is 100 cm³/mol. The van der Waals surface area contributed by atoms with Crippen molar-refractivity contribution >= 4 is 11.9 Å². The van der Waals surface area contributed by atoms with E-state index >= 15 is 0 Å². The van der Waals surface area contributed by atoms with Gasteiger partial charge >= 0.3 is 0 Å². The molecule has 7 heteroatoms. The zero-order valence-corrected chi connectivity index (χ0v) is 15.1. The Balaban J connectivity index is 1.65. The number of carbonyl (C=O) groups excluding carboxylic acids is 1. The normalized spacial score (nSPS) is 14.8. The van der Waals surface area contributed by atoms with E-state index in [1.165, 1.54) is 0 Å². The van der Waals surface area contributed by atoms with Gasteiger partial charge in [0, 0.05) is 50.6 Å². The molecule has 0 saturated carbocycles. The molecule has 138 valence electrons. The number of ether oxygens (including phenoxy) is 1. The molecule has 0 radical (unpaired) electrons. The van der Waals surface area contributed by atoms with E-state index in [9.17, 15) is 4.79 Å². The molecular formula is C19H25N5O2. The molecule has 1 aliphatic heterocycles. The number of anilines is 1. The fourth-order valence-corrected chi connectivity index (χ4v) is 3.00. The molecule has 1 fully saturated rings. The van der Waals surface area contributed by atoms with E-state index in [0.717, 1.165) is 25.1 Å². The summed E-state index contributed by atoms with van der Waals surface area (Å²) in [6.45, 7) is 5.85. The third-order valence-corrected chi connectivity index (χ3v) is 4.41. The first kappa shape index (κ1) is 18.1. The van der Waals surface area contributed by atoms with Gasteiger partial charge in [0.1, 0.15) is 0 Å². The van der Waals surface area contributed by atoms with E-state index in [-0.39, 0.29) is 5.91 Å². The first-order valence-electron chi connectivity index (χ1n) is 9.00. The number of benzene rings is 1. The third-order valence-electron chi connectivity index (χ3n) is 4.41. The number of rotatable bonds is 5. The maximum atomic E-state index is 12.8. The van der Waals surface area contributed by atoms with Gasteiger partial charge in [-0.2, -0.15) is 4.98 Å². The van der Waals surface area contributed by atoms with Gasteiger partial charge in [-0.25, -0.2) is 4.98 Å². The number of amides is 1. The molecule has 7 nitrogen and oxygen atoms in total. The zero-order valence-electron chi connectivity index (χ0n) is 15.1. The van der Waals surface area contributed by atoms with Crippen LogP contribution in [0.1, 0.15) is 29.3 Å². The van der Waals surface area contributed by atoms with Crippen molar-refractivity contribution in [1.29, 1.82) is 0 Å². The molecule has 2 heterocycles. The fourth-order valence-electron chi connectivity index (χ4n) is 3.00. The first-order chi connectivity index (χ1) is 12.7. The molecule has 1 aliphatic rings. The minimum Gasteiger partial charge on any atom is -0.478 e. The molecule has 26 heavy (non-hydrogen) atoms. The number of carbonyl (C=O) groups is 1. The second-order valence-corrected chi connectivity index (χ2v) is 6.16. The Kier molecular flexibility index (Phi) is 6.01.